The maximum atomic E-state index is 10.6. The van der Waals surface area contributed by atoms with E-state index in [0.717, 1.165) is 12.2 Å². The number of carbonyl (C=O) groups is 2. The van der Waals surface area contributed by atoms with Gasteiger partial charge >= 0.3 is 0 Å². The van der Waals surface area contributed by atoms with Crippen molar-refractivity contribution < 1.29 is 70.3 Å². The van der Waals surface area contributed by atoms with E-state index >= 15 is 0 Å². The number of ketones is 2. The Bertz CT molecular complexity index is 324. The van der Waals surface area contributed by atoms with E-state index in [0.29, 0.717) is 13.1 Å². The van der Waals surface area contributed by atoms with Crippen LogP contribution in [0.4, 0.5) is 0 Å². The molecule has 0 unspecified atom stereocenters. The molecule has 21 heavy (non-hydrogen) atoms. The SMILES string of the molecule is CC(=O)/C=C(\O)CNCCNC/C(O)=C/C(C)=O.OO.[Th]. The van der Waals surface area contributed by atoms with E-state index in [9.17, 15) is 19.8 Å². The average Bonchev–Trinajstić information content (AvgIpc) is 2.34. The molecule has 0 aromatic rings. The van der Waals surface area contributed by atoms with Crippen molar-refractivity contribution in [2.75, 3.05) is 26.2 Å². The van der Waals surface area contributed by atoms with Crippen molar-refractivity contribution in [3.63, 3.8) is 0 Å². The molecule has 9 heteroatoms. The molecule has 0 spiro atoms. The van der Waals surface area contributed by atoms with E-state index in [2.05, 4.69) is 10.6 Å². The van der Waals surface area contributed by atoms with Crippen LogP contribution in [0.15, 0.2) is 23.7 Å². The number of rotatable bonds is 9. The molecule has 0 radical (unpaired) electrons. The third kappa shape index (κ3) is 22.0. The molecule has 120 valence electrons. The first kappa shape index (κ1) is 25.5. The van der Waals surface area contributed by atoms with Gasteiger partial charge in [-0.25, -0.2) is 0 Å². The third-order valence-electron chi connectivity index (χ3n) is 1.83. The maximum absolute atomic E-state index is 10.6. The summed E-state index contributed by atoms with van der Waals surface area (Å²) in [4.78, 5) is 21.2. The summed E-state index contributed by atoms with van der Waals surface area (Å²) in [5.41, 5.74) is 0. The predicted molar refractivity (Wildman–Crippen MR) is 73.8 cm³/mol. The monoisotopic (exact) mass is 522 g/mol. The van der Waals surface area contributed by atoms with Crippen LogP contribution >= 0.6 is 0 Å². The Kier molecular flexibility index (Phi) is 21.4. The zero-order valence-electron chi connectivity index (χ0n) is 12.1. The molecule has 6 N–H and O–H groups in total. The zero-order valence-corrected chi connectivity index (χ0v) is 16.2. The van der Waals surface area contributed by atoms with Gasteiger partial charge in [0, 0.05) is 65.2 Å². The molecule has 0 saturated heterocycles. The third-order valence-corrected chi connectivity index (χ3v) is 1.83. The number of nitrogens with one attached hydrogen (secondary N) is 2. The minimum absolute atomic E-state index is 0. The molecule has 8 nitrogen and oxygen atoms in total. The number of carbonyl (C=O) groups excluding carboxylic acids is 2. The van der Waals surface area contributed by atoms with Crippen LogP contribution in [-0.2, 0) is 9.59 Å². The molecule has 0 aliphatic heterocycles. The summed E-state index contributed by atoms with van der Waals surface area (Å²) in [6.07, 6.45) is 2.31. The number of hydrogen-bond acceptors (Lipinski definition) is 8. The van der Waals surface area contributed by atoms with E-state index in [1.807, 2.05) is 0 Å². The van der Waals surface area contributed by atoms with Gasteiger partial charge in [-0.3, -0.25) is 20.1 Å². The smallest absolute Gasteiger partial charge is 0.155 e. The van der Waals surface area contributed by atoms with Crippen LogP contribution in [0.2, 0.25) is 0 Å². The molecule has 0 aliphatic rings. The van der Waals surface area contributed by atoms with Crippen molar-refractivity contribution in [3.05, 3.63) is 23.7 Å². The number of allylic oxidation sites excluding steroid dienone is 2. The van der Waals surface area contributed by atoms with Gasteiger partial charge in [-0.2, -0.15) is 0 Å². The maximum Gasteiger partial charge on any atom is 0.155 e. The molecule has 0 aromatic heterocycles. The second kappa shape index (κ2) is 17.6. The molecule has 0 atom stereocenters. The van der Waals surface area contributed by atoms with Crippen LogP contribution in [0.3, 0.4) is 0 Å². The molecule has 0 bridgehead atoms. The summed E-state index contributed by atoms with van der Waals surface area (Å²) >= 11 is 0. The molecule has 0 amide bonds. The predicted octanol–water partition coefficient (Wildman–Crippen LogP) is 0.245. The topological polar surface area (TPSA) is 139 Å². The standard InChI is InChI=1S/C12H20N2O4.H2O2.Th/c1-9(15)5-11(17)7-13-3-4-14-8-12(18)6-10(2)16;1-2;/h5-6,13-14,17-18H,3-4,7-8H2,1-2H3;1-2H;/b11-5-,12-6-;;. The van der Waals surface area contributed by atoms with Crippen molar-refractivity contribution in [2.45, 2.75) is 13.8 Å². The fraction of sp³-hybridized carbons (Fsp3) is 0.500. The molecular formula is C12H22N2O6Th. The van der Waals surface area contributed by atoms with Crippen LogP contribution in [0.5, 0.6) is 0 Å². The van der Waals surface area contributed by atoms with Gasteiger partial charge < -0.3 is 20.8 Å². The van der Waals surface area contributed by atoms with Gasteiger partial charge in [0.2, 0.25) is 0 Å². The summed E-state index contributed by atoms with van der Waals surface area (Å²) in [6, 6.07) is 0. The van der Waals surface area contributed by atoms with Gasteiger partial charge in [0.15, 0.2) is 11.6 Å². The van der Waals surface area contributed by atoms with E-state index < -0.39 is 0 Å². The summed E-state index contributed by atoms with van der Waals surface area (Å²) in [5, 5.41) is 36.3. The van der Waals surface area contributed by atoms with Crippen molar-refractivity contribution in [2.24, 2.45) is 0 Å². The second-order valence-corrected chi connectivity index (χ2v) is 3.85. The van der Waals surface area contributed by atoms with E-state index in [1.165, 1.54) is 13.8 Å². The van der Waals surface area contributed by atoms with Gasteiger partial charge in [-0.15, -0.1) is 0 Å². The fourth-order valence-electron chi connectivity index (χ4n) is 1.18. The van der Waals surface area contributed by atoms with Crippen LogP contribution in [0.1, 0.15) is 13.8 Å². The zero-order chi connectivity index (χ0) is 16.0. The normalized spacial score (nSPS) is 11.0. The molecule has 0 saturated carbocycles. The summed E-state index contributed by atoms with van der Waals surface area (Å²) < 4.78 is 0. The minimum atomic E-state index is -0.202. The molecule has 0 aliphatic carbocycles. The van der Waals surface area contributed by atoms with Gasteiger partial charge in [-0.1, -0.05) is 0 Å². The molecular weight excluding hydrogens is 500 g/mol. The first-order valence-electron chi connectivity index (χ1n) is 5.83. The van der Waals surface area contributed by atoms with Gasteiger partial charge in [0.05, 0.1) is 13.1 Å². The Morgan fingerprint density at radius 3 is 1.38 bits per heavy atom. The average molecular weight is 522 g/mol. The molecule has 0 fully saturated rings. The first-order valence-corrected chi connectivity index (χ1v) is 5.83. The van der Waals surface area contributed by atoms with Crippen molar-refractivity contribution >= 4 is 11.6 Å². The minimum Gasteiger partial charge on any atom is -0.511 e. The Morgan fingerprint density at radius 1 is 0.857 bits per heavy atom. The summed E-state index contributed by atoms with van der Waals surface area (Å²) in [7, 11) is 0. The Morgan fingerprint density at radius 2 is 1.14 bits per heavy atom. The van der Waals surface area contributed by atoms with Gasteiger partial charge in [0.1, 0.15) is 11.5 Å². The first-order chi connectivity index (χ1) is 9.41. The molecule has 0 rings (SSSR count). The largest absolute Gasteiger partial charge is 0.511 e. The Balaban J connectivity index is -0.00000103. The summed E-state index contributed by atoms with van der Waals surface area (Å²) in [5.74, 6) is -0.429. The molecule has 0 heterocycles. The van der Waals surface area contributed by atoms with Crippen LogP contribution in [-0.4, -0.2) is 58.5 Å². The van der Waals surface area contributed by atoms with Crippen LogP contribution < -0.4 is 10.6 Å². The number of aliphatic hydroxyl groups excluding tert-OH is 2. The fourth-order valence-corrected chi connectivity index (χ4v) is 1.18. The van der Waals surface area contributed by atoms with E-state index in [4.69, 9.17) is 10.5 Å². The Hall–Kier alpha value is -0.415. The van der Waals surface area contributed by atoms with Gasteiger partial charge in [0.25, 0.3) is 0 Å². The van der Waals surface area contributed by atoms with Crippen LogP contribution in [0.25, 0.3) is 0 Å². The second-order valence-electron chi connectivity index (χ2n) is 3.85. The summed E-state index contributed by atoms with van der Waals surface area (Å²) in [6.45, 7) is 4.28. The Labute approximate surface area is 155 Å². The van der Waals surface area contributed by atoms with Crippen molar-refractivity contribution in [1.29, 1.82) is 0 Å². The van der Waals surface area contributed by atoms with E-state index in [1.54, 1.807) is 0 Å². The quantitative estimate of drug-likeness (QED) is 0.0833. The van der Waals surface area contributed by atoms with Crippen molar-refractivity contribution in [3.8, 4) is 0 Å². The molecule has 0 aromatic carbocycles. The number of aliphatic hydroxyl groups is 2. The van der Waals surface area contributed by atoms with Crippen LogP contribution in [0, 0.1) is 39.9 Å². The van der Waals surface area contributed by atoms with Gasteiger partial charge in [-0.05, 0) is 13.8 Å². The van der Waals surface area contributed by atoms with E-state index in [-0.39, 0.29) is 76.1 Å². The van der Waals surface area contributed by atoms with Crippen molar-refractivity contribution in [1.82, 2.24) is 10.6 Å². The number of hydrogen-bond donors (Lipinski definition) is 6.